The van der Waals surface area contributed by atoms with Gasteiger partial charge in [-0.15, -0.1) is 0 Å². The number of hydrogen-bond acceptors (Lipinski definition) is 3. The van der Waals surface area contributed by atoms with Gasteiger partial charge in [0.05, 0.1) is 10.2 Å². The fraction of sp³-hybridized carbons (Fsp3) is 0.176. The molecular weight excluding hydrogens is 370 g/mol. The van der Waals surface area contributed by atoms with E-state index in [1.807, 2.05) is 12.1 Å². The molecule has 1 fully saturated rings. The Hall–Kier alpha value is -1.69. The molecule has 1 aliphatic rings. The predicted octanol–water partition coefficient (Wildman–Crippen LogP) is 5.48. The van der Waals surface area contributed by atoms with Crippen molar-refractivity contribution in [2.45, 2.75) is 12.3 Å². The molecule has 122 valence electrons. The summed E-state index contributed by atoms with van der Waals surface area (Å²) in [5.41, 5.74) is 1.64. The van der Waals surface area contributed by atoms with Gasteiger partial charge in [-0.3, -0.25) is 4.79 Å². The maximum atomic E-state index is 13.2. The van der Waals surface area contributed by atoms with E-state index in [0.717, 1.165) is 12.0 Å². The molecule has 1 aliphatic carbocycles. The number of amides is 1. The van der Waals surface area contributed by atoms with Gasteiger partial charge in [0, 0.05) is 16.0 Å². The van der Waals surface area contributed by atoms with Crippen molar-refractivity contribution in [2.75, 3.05) is 5.32 Å². The molecule has 2 atom stereocenters. The van der Waals surface area contributed by atoms with Crippen molar-refractivity contribution in [3.05, 3.63) is 57.8 Å². The minimum atomic E-state index is -0.316. The van der Waals surface area contributed by atoms with Crippen LogP contribution < -0.4 is 5.32 Å². The molecule has 1 amide bonds. The van der Waals surface area contributed by atoms with E-state index < -0.39 is 0 Å². The summed E-state index contributed by atoms with van der Waals surface area (Å²) in [6, 6.07) is 9.72. The molecule has 0 aliphatic heterocycles. The lowest BCUT2D eigenvalue weighted by molar-refractivity contribution is -0.117. The monoisotopic (exact) mass is 380 g/mol. The summed E-state index contributed by atoms with van der Waals surface area (Å²) in [5, 5.41) is 4.44. The average molecular weight is 381 g/mol. The molecule has 3 aromatic rings. The molecule has 24 heavy (non-hydrogen) atoms. The molecule has 0 spiro atoms. The molecule has 1 aromatic heterocycles. The van der Waals surface area contributed by atoms with Crippen molar-refractivity contribution < 1.29 is 9.18 Å². The van der Waals surface area contributed by atoms with Crippen LogP contribution in [0.5, 0.6) is 0 Å². The maximum Gasteiger partial charge on any atom is 0.229 e. The second kappa shape index (κ2) is 5.99. The van der Waals surface area contributed by atoms with Gasteiger partial charge in [-0.25, -0.2) is 9.37 Å². The molecule has 1 N–H and O–H groups in total. The van der Waals surface area contributed by atoms with E-state index in [9.17, 15) is 9.18 Å². The van der Waals surface area contributed by atoms with Crippen LogP contribution >= 0.6 is 34.5 Å². The van der Waals surface area contributed by atoms with Gasteiger partial charge in [0.25, 0.3) is 0 Å². The van der Waals surface area contributed by atoms with Crippen molar-refractivity contribution in [3.8, 4) is 0 Å². The van der Waals surface area contributed by atoms with Crippen LogP contribution in [0.1, 0.15) is 17.9 Å². The molecule has 1 saturated carbocycles. The number of nitrogens with zero attached hydrogens (tertiary/aromatic N) is 1. The Morgan fingerprint density at radius 1 is 1.21 bits per heavy atom. The van der Waals surface area contributed by atoms with Crippen molar-refractivity contribution >= 4 is 55.8 Å². The van der Waals surface area contributed by atoms with Gasteiger partial charge < -0.3 is 5.32 Å². The fourth-order valence-corrected chi connectivity index (χ4v) is 4.23. The molecule has 0 radical (unpaired) electrons. The minimum Gasteiger partial charge on any atom is -0.302 e. The Bertz CT molecular complexity index is 939. The number of thiazole rings is 1. The second-order valence-electron chi connectivity index (χ2n) is 5.77. The lowest BCUT2D eigenvalue weighted by atomic mass is 10.1. The predicted molar refractivity (Wildman–Crippen MR) is 95.5 cm³/mol. The molecule has 7 heteroatoms. The lowest BCUT2D eigenvalue weighted by Crippen LogP contribution is -2.14. The molecule has 3 nitrogen and oxygen atoms in total. The number of rotatable bonds is 3. The number of carbonyl (C=O) groups excluding carboxylic acids is 1. The Morgan fingerprint density at radius 3 is 2.71 bits per heavy atom. The van der Waals surface area contributed by atoms with Crippen LogP contribution in [-0.4, -0.2) is 10.9 Å². The third kappa shape index (κ3) is 3.11. The van der Waals surface area contributed by atoms with Crippen molar-refractivity contribution in [3.63, 3.8) is 0 Å². The molecule has 0 unspecified atom stereocenters. The van der Waals surface area contributed by atoms with Crippen LogP contribution in [0.4, 0.5) is 9.52 Å². The molecule has 1 heterocycles. The molecule has 0 bridgehead atoms. The van der Waals surface area contributed by atoms with E-state index in [1.54, 1.807) is 12.1 Å². The van der Waals surface area contributed by atoms with Gasteiger partial charge in [0.15, 0.2) is 5.13 Å². The summed E-state index contributed by atoms with van der Waals surface area (Å²) in [6.07, 6.45) is 0.752. The van der Waals surface area contributed by atoms with Crippen LogP contribution in [0.25, 0.3) is 10.2 Å². The number of anilines is 1. The van der Waals surface area contributed by atoms with Gasteiger partial charge >= 0.3 is 0 Å². The van der Waals surface area contributed by atoms with Gasteiger partial charge in [0.2, 0.25) is 5.91 Å². The third-order valence-electron chi connectivity index (χ3n) is 4.02. The van der Waals surface area contributed by atoms with Gasteiger partial charge in [-0.05, 0) is 54.3 Å². The second-order valence-corrected chi connectivity index (χ2v) is 7.68. The molecule has 0 saturated heterocycles. The van der Waals surface area contributed by atoms with Crippen LogP contribution in [0.3, 0.4) is 0 Å². The first-order valence-corrected chi connectivity index (χ1v) is 8.90. The number of carbonyl (C=O) groups is 1. The van der Waals surface area contributed by atoms with Gasteiger partial charge in [-0.1, -0.05) is 34.5 Å². The van der Waals surface area contributed by atoms with E-state index in [-0.39, 0.29) is 23.6 Å². The number of aromatic nitrogens is 1. The zero-order valence-corrected chi connectivity index (χ0v) is 14.6. The van der Waals surface area contributed by atoms with Crippen LogP contribution in [0.15, 0.2) is 36.4 Å². The largest absolute Gasteiger partial charge is 0.302 e. The molecule has 2 aromatic carbocycles. The normalized spacial score (nSPS) is 19.5. The highest BCUT2D eigenvalue weighted by Gasteiger charge is 2.44. The Labute approximate surface area is 151 Å². The zero-order chi connectivity index (χ0) is 16.8. The van der Waals surface area contributed by atoms with Crippen molar-refractivity contribution in [1.29, 1.82) is 0 Å². The van der Waals surface area contributed by atoms with E-state index in [2.05, 4.69) is 10.3 Å². The van der Waals surface area contributed by atoms with Crippen molar-refractivity contribution in [1.82, 2.24) is 4.98 Å². The fourth-order valence-electron chi connectivity index (χ4n) is 2.79. The lowest BCUT2D eigenvalue weighted by Gasteiger charge is -2.03. The summed E-state index contributed by atoms with van der Waals surface area (Å²) in [5.74, 6) is -0.406. The van der Waals surface area contributed by atoms with E-state index >= 15 is 0 Å². The van der Waals surface area contributed by atoms with Gasteiger partial charge in [-0.2, -0.15) is 0 Å². The summed E-state index contributed by atoms with van der Waals surface area (Å²) in [7, 11) is 0. The number of halogens is 3. The number of benzene rings is 2. The van der Waals surface area contributed by atoms with Crippen LogP contribution in [-0.2, 0) is 4.79 Å². The highest BCUT2D eigenvalue weighted by Crippen LogP contribution is 2.49. The summed E-state index contributed by atoms with van der Waals surface area (Å²) >= 11 is 13.3. The van der Waals surface area contributed by atoms with Gasteiger partial charge in [0.1, 0.15) is 5.82 Å². The smallest absolute Gasteiger partial charge is 0.229 e. The Kier molecular flexibility index (Phi) is 3.95. The Morgan fingerprint density at radius 2 is 1.96 bits per heavy atom. The quantitative estimate of drug-likeness (QED) is 0.652. The number of fused-ring (bicyclic) bond motifs is 1. The summed E-state index contributed by atoms with van der Waals surface area (Å²) in [4.78, 5) is 16.7. The highest BCUT2D eigenvalue weighted by atomic mass is 35.5. The average Bonchev–Trinajstić information content (AvgIpc) is 3.21. The van der Waals surface area contributed by atoms with Crippen molar-refractivity contribution in [2.24, 2.45) is 5.92 Å². The maximum absolute atomic E-state index is 13.2. The van der Waals surface area contributed by atoms with Crippen LogP contribution in [0.2, 0.25) is 10.0 Å². The van der Waals surface area contributed by atoms with E-state index in [4.69, 9.17) is 23.2 Å². The number of nitrogens with one attached hydrogen (secondary N) is 1. The minimum absolute atomic E-state index is 0.0874. The third-order valence-corrected chi connectivity index (χ3v) is 5.39. The molecule has 4 rings (SSSR count). The first-order valence-electron chi connectivity index (χ1n) is 7.32. The number of hydrogen-bond donors (Lipinski definition) is 1. The highest BCUT2D eigenvalue weighted by molar-refractivity contribution is 7.22. The first kappa shape index (κ1) is 15.8. The summed E-state index contributed by atoms with van der Waals surface area (Å²) in [6.45, 7) is 0. The molecular formula is C17H11Cl2FN2OS. The topological polar surface area (TPSA) is 42.0 Å². The zero-order valence-electron chi connectivity index (χ0n) is 12.2. The standard InChI is InChI=1S/C17H11Cl2FN2OS/c18-9-3-8(4-10(19)5-9)12-7-13(12)16(23)22-17-21-14-2-1-11(20)6-15(14)24-17/h1-6,12-13H,7H2,(H,21,22,23)/t12-,13-/m1/s1. The summed E-state index contributed by atoms with van der Waals surface area (Å²) < 4.78 is 13.9. The first-order chi connectivity index (χ1) is 11.5. The van der Waals surface area contributed by atoms with E-state index in [0.29, 0.717) is 25.4 Å². The Balaban J connectivity index is 1.48. The van der Waals surface area contributed by atoms with E-state index in [1.165, 1.54) is 23.5 Å². The van der Waals surface area contributed by atoms with Crippen LogP contribution in [0, 0.1) is 11.7 Å². The SMILES string of the molecule is O=C(Nc1nc2ccc(F)cc2s1)[C@@H]1C[C@@H]1c1cc(Cl)cc(Cl)c1.